The Balaban J connectivity index is 1.75. The number of hydrogen-bond donors (Lipinski definition) is 2. The molecule has 6 nitrogen and oxygen atoms in total. The first-order valence-corrected chi connectivity index (χ1v) is 7.93. The monoisotopic (exact) mass is 376 g/mol. The van der Waals surface area contributed by atoms with Crippen molar-refractivity contribution in [1.29, 1.82) is 0 Å². The Morgan fingerprint density at radius 2 is 1.28 bits per heavy atom. The Morgan fingerprint density at radius 3 is 1.68 bits per heavy atom. The molecule has 0 saturated carbocycles. The average Bonchev–Trinajstić information content (AvgIpc) is 2.55. The molecule has 8 heteroatoms. The number of nitrogens with zero attached hydrogens (tertiary/aromatic N) is 2. The van der Waals surface area contributed by atoms with Crippen LogP contribution in [-0.4, -0.2) is 24.2 Å². The molecule has 0 heterocycles. The van der Waals surface area contributed by atoms with Crippen molar-refractivity contribution in [3.8, 4) is 0 Å². The highest BCUT2D eigenvalue weighted by Gasteiger charge is 2.07. The van der Waals surface area contributed by atoms with Gasteiger partial charge in [0.15, 0.2) is 0 Å². The number of benzene rings is 2. The first-order chi connectivity index (χ1) is 12.0. The van der Waals surface area contributed by atoms with E-state index in [9.17, 15) is 9.59 Å². The van der Waals surface area contributed by atoms with Crippen LogP contribution in [0.3, 0.4) is 0 Å². The fourth-order valence-electron chi connectivity index (χ4n) is 1.76. The molecule has 0 radical (unpaired) electrons. The molecule has 0 spiro atoms. The summed E-state index contributed by atoms with van der Waals surface area (Å²) in [6.45, 7) is 0. The van der Waals surface area contributed by atoms with Gasteiger partial charge in [0, 0.05) is 10.0 Å². The van der Waals surface area contributed by atoms with Crippen LogP contribution < -0.4 is 10.9 Å². The Hall–Kier alpha value is -2.70. The van der Waals surface area contributed by atoms with Gasteiger partial charge in [-0.1, -0.05) is 47.5 Å². The highest BCUT2D eigenvalue weighted by molar-refractivity contribution is 6.31. The largest absolute Gasteiger partial charge is 0.273 e. The van der Waals surface area contributed by atoms with Crippen LogP contribution in [0.4, 0.5) is 0 Å². The van der Waals surface area contributed by atoms with E-state index >= 15 is 0 Å². The van der Waals surface area contributed by atoms with Crippen LogP contribution in [0.15, 0.2) is 58.7 Å². The molecule has 0 bridgehead atoms. The maximum absolute atomic E-state index is 11.6. The summed E-state index contributed by atoms with van der Waals surface area (Å²) in [5.41, 5.74) is 5.96. The van der Waals surface area contributed by atoms with E-state index in [4.69, 9.17) is 23.2 Å². The second-order valence-corrected chi connectivity index (χ2v) is 5.75. The van der Waals surface area contributed by atoms with E-state index in [1.165, 1.54) is 12.4 Å². The van der Waals surface area contributed by atoms with Crippen LogP contribution in [0.25, 0.3) is 0 Å². The van der Waals surface area contributed by atoms with Gasteiger partial charge < -0.3 is 0 Å². The van der Waals surface area contributed by atoms with Gasteiger partial charge in [-0.05, 0) is 35.4 Å². The minimum absolute atomic E-state index is 0.403. The minimum Gasteiger partial charge on any atom is -0.273 e. The number of rotatable bonds is 6. The lowest BCUT2D eigenvalue weighted by molar-refractivity contribution is -0.129. The first-order valence-electron chi connectivity index (χ1n) is 7.18. The maximum atomic E-state index is 11.6. The second-order valence-electron chi connectivity index (χ2n) is 4.87. The number of amides is 2. The van der Waals surface area contributed by atoms with E-state index in [2.05, 4.69) is 21.1 Å². The standard InChI is InChI=1S/C17H14Cl2N4O2/c18-14-5-1-3-12(7-14)10-20-22-16(24)9-17(25)23-21-11-13-4-2-6-15(19)8-13/h1-8,10-11H,9H2,(H,22,24)(H,23,25)/b20-10+,21-11+. The zero-order chi connectivity index (χ0) is 18.1. The Bertz CT molecular complexity index is 754. The third-order valence-electron chi connectivity index (χ3n) is 2.82. The summed E-state index contributed by atoms with van der Waals surface area (Å²) in [5, 5.41) is 8.64. The molecule has 0 aliphatic carbocycles. The third kappa shape index (κ3) is 7.15. The highest BCUT2D eigenvalue weighted by atomic mass is 35.5. The van der Waals surface area contributed by atoms with E-state index in [1.807, 2.05) is 0 Å². The highest BCUT2D eigenvalue weighted by Crippen LogP contribution is 2.09. The van der Waals surface area contributed by atoms with Crippen molar-refractivity contribution in [3.05, 3.63) is 69.7 Å². The third-order valence-corrected chi connectivity index (χ3v) is 3.29. The molecule has 0 aliphatic rings. The number of halogens is 2. The van der Waals surface area contributed by atoms with Gasteiger partial charge in [0.25, 0.3) is 0 Å². The van der Waals surface area contributed by atoms with Gasteiger partial charge in [-0.15, -0.1) is 0 Å². The molecule has 2 aromatic carbocycles. The Kier molecular flexibility index (Phi) is 7.13. The van der Waals surface area contributed by atoms with Crippen molar-refractivity contribution in [2.24, 2.45) is 10.2 Å². The SMILES string of the molecule is O=C(CC(=O)N/N=C/c1cccc(Cl)c1)N/N=C/c1cccc(Cl)c1. The molecule has 2 aromatic rings. The fraction of sp³-hybridized carbons (Fsp3) is 0.0588. The van der Waals surface area contributed by atoms with Crippen LogP contribution in [0, 0.1) is 0 Å². The fourth-order valence-corrected chi connectivity index (χ4v) is 2.15. The molecule has 0 unspecified atom stereocenters. The van der Waals surface area contributed by atoms with Crippen molar-refractivity contribution >= 4 is 47.4 Å². The van der Waals surface area contributed by atoms with Crippen LogP contribution in [-0.2, 0) is 9.59 Å². The number of carbonyl (C=O) groups is 2. The van der Waals surface area contributed by atoms with Crippen LogP contribution in [0.2, 0.25) is 10.0 Å². The summed E-state index contributed by atoms with van der Waals surface area (Å²) in [6.07, 6.45) is 2.46. The zero-order valence-electron chi connectivity index (χ0n) is 12.9. The predicted molar refractivity (Wildman–Crippen MR) is 99.0 cm³/mol. The van der Waals surface area contributed by atoms with Gasteiger partial charge in [-0.3, -0.25) is 9.59 Å². The summed E-state index contributed by atoms with van der Waals surface area (Å²) in [6, 6.07) is 13.9. The van der Waals surface area contributed by atoms with Crippen LogP contribution in [0.5, 0.6) is 0 Å². The van der Waals surface area contributed by atoms with E-state index in [0.29, 0.717) is 10.0 Å². The number of hydrogen-bond acceptors (Lipinski definition) is 4. The summed E-state index contributed by atoms with van der Waals surface area (Å²) < 4.78 is 0. The normalized spacial score (nSPS) is 11.0. The summed E-state index contributed by atoms with van der Waals surface area (Å²) in [7, 11) is 0. The van der Waals surface area contributed by atoms with Gasteiger partial charge in [0.2, 0.25) is 11.8 Å². The summed E-state index contributed by atoms with van der Waals surface area (Å²) in [4.78, 5) is 23.2. The molecule has 128 valence electrons. The number of hydrazone groups is 2. The molecule has 2 N–H and O–H groups in total. The minimum atomic E-state index is -0.561. The topological polar surface area (TPSA) is 82.9 Å². The van der Waals surface area contributed by atoms with E-state index in [-0.39, 0.29) is 0 Å². The van der Waals surface area contributed by atoms with Gasteiger partial charge >= 0.3 is 0 Å². The van der Waals surface area contributed by atoms with Gasteiger partial charge in [0.05, 0.1) is 12.4 Å². The van der Waals surface area contributed by atoms with Gasteiger partial charge in [-0.2, -0.15) is 10.2 Å². The second kappa shape index (κ2) is 9.56. The smallest absolute Gasteiger partial charge is 0.249 e. The van der Waals surface area contributed by atoms with Crippen molar-refractivity contribution < 1.29 is 9.59 Å². The number of carbonyl (C=O) groups excluding carboxylic acids is 2. The zero-order valence-corrected chi connectivity index (χ0v) is 14.5. The predicted octanol–water partition coefficient (Wildman–Crippen LogP) is 2.98. The van der Waals surface area contributed by atoms with Crippen LogP contribution >= 0.6 is 23.2 Å². The van der Waals surface area contributed by atoms with Crippen molar-refractivity contribution in [1.82, 2.24) is 10.9 Å². The van der Waals surface area contributed by atoms with Crippen LogP contribution in [0.1, 0.15) is 17.5 Å². The maximum Gasteiger partial charge on any atom is 0.249 e. The van der Waals surface area contributed by atoms with Gasteiger partial charge in [0.1, 0.15) is 6.42 Å². The lowest BCUT2D eigenvalue weighted by atomic mass is 10.2. The Labute approximate surface area is 154 Å². The quantitative estimate of drug-likeness (QED) is 0.461. The molecule has 0 saturated heterocycles. The molecule has 0 atom stereocenters. The van der Waals surface area contributed by atoms with E-state index in [0.717, 1.165) is 11.1 Å². The van der Waals surface area contributed by atoms with Crippen molar-refractivity contribution in [2.45, 2.75) is 6.42 Å². The molecule has 25 heavy (non-hydrogen) atoms. The summed E-state index contributed by atoms with van der Waals surface area (Å²) in [5.74, 6) is -1.12. The molecule has 0 fully saturated rings. The van der Waals surface area contributed by atoms with E-state index < -0.39 is 18.2 Å². The molecule has 0 aliphatic heterocycles. The molecular weight excluding hydrogens is 363 g/mol. The lowest BCUT2D eigenvalue weighted by Crippen LogP contribution is -2.27. The first kappa shape index (κ1) is 18.6. The molecule has 2 amide bonds. The van der Waals surface area contributed by atoms with E-state index in [1.54, 1.807) is 48.5 Å². The molecule has 2 rings (SSSR count). The van der Waals surface area contributed by atoms with Crippen molar-refractivity contribution in [3.63, 3.8) is 0 Å². The lowest BCUT2D eigenvalue weighted by Gasteiger charge is -2.00. The molecular formula is C17H14Cl2N4O2. The van der Waals surface area contributed by atoms with Crippen molar-refractivity contribution in [2.75, 3.05) is 0 Å². The molecule has 0 aromatic heterocycles. The summed E-state index contributed by atoms with van der Waals surface area (Å²) >= 11 is 11.7. The average molecular weight is 377 g/mol. The van der Waals surface area contributed by atoms with Gasteiger partial charge in [-0.25, -0.2) is 10.9 Å². The number of nitrogens with one attached hydrogen (secondary N) is 2. The Morgan fingerprint density at radius 1 is 0.840 bits per heavy atom.